The van der Waals surface area contributed by atoms with Crippen LogP contribution in [-0.4, -0.2) is 44.4 Å². The SMILES string of the molecule is Cc1cccc(C)c1OCC(C)NC(=O)C1COCCN1.Cl. The molecule has 0 saturated carbocycles. The Hall–Kier alpha value is -1.30. The van der Waals surface area contributed by atoms with Gasteiger partial charge >= 0.3 is 0 Å². The van der Waals surface area contributed by atoms with Gasteiger partial charge in [-0.3, -0.25) is 4.79 Å². The van der Waals surface area contributed by atoms with Gasteiger partial charge < -0.3 is 20.1 Å². The fourth-order valence-electron chi connectivity index (χ4n) is 2.35. The molecule has 2 N–H and O–H groups in total. The van der Waals surface area contributed by atoms with Gasteiger partial charge in [-0.15, -0.1) is 12.4 Å². The zero-order chi connectivity index (χ0) is 15.2. The van der Waals surface area contributed by atoms with Crippen molar-refractivity contribution in [2.45, 2.75) is 32.9 Å². The molecular formula is C16H25ClN2O3. The molecule has 6 heteroatoms. The minimum atomic E-state index is -0.263. The lowest BCUT2D eigenvalue weighted by Gasteiger charge is -2.25. The highest BCUT2D eigenvalue weighted by Crippen LogP contribution is 2.22. The van der Waals surface area contributed by atoms with Gasteiger partial charge in [0.1, 0.15) is 18.4 Å². The number of carbonyl (C=O) groups excluding carboxylic acids is 1. The second-order valence-corrected chi connectivity index (χ2v) is 5.52. The average Bonchev–Trinajstić information content (AvgIpc) is 2.47. The molecule has 0 radical (unpaired) electrons. The van der Waals surface area contributed by atoms with Crippen LogP contribution in [0.3, 0.4) is 0 Å². The zero-order valence-corrected chi connectivity index (χ0v) is 14.2. The topological polar surface area (TPSA) is 59.6 Å². The number of aryl methyl sites for hydroxylation is 2. The van der Waals surface area contributed by atoms with Gasteiger partial charge in [0.15, 0.2) is 0 Å². The summed E-state index contributed by atoms with van der Waals surface area (Å²) in [4.78, 5) is 12.0. The van der Waals surface area contributed by atoms with Crippen molar-refractivity contribution in [3.63, 3.8) is 0 Å². The number of carbonyl (C=O) groups is 1. The first-order chi connectivity index (χ1) is 10.1. The third kappa shape index (κ3) is 5.16. The smallest absolute Gasteiger partial charge is 0.239 e. The number of para-hydroxylation sites is 1. The van der Waals surface area contributed by atoms with Crippen molar-refractivity contribution in [2.24, 2.45) is 0 Å². The van der Waals surface area contributed by atoms with Crippen molar-refractivity contribution in [3.05, 3.63) is 29.3 Å². The lowest BCUT2D eigenvalue weighted by Crippen LogP contribution is -2.53. The molecule has 0 bridgehead atoms. The van der Waals surface area contributed by atoms with Gasteiger partial charge in [-0.25, -0.2) is 0 Å². The van der Waals surface area contributed by atoms with Crippen LogP contribution in [0.25, 0.3) is 0 Å². The Morgan fingerprint density at radius 2 is 2.14 bits per heavy atom. The standard InChI is InChI=1S/C16H24N2O3.ClH/c1-11-5-4-6-12(2)15(11)21-9-13(3)18-16(19)14-10-20-8-7-17-14;/h4-6,13-14,17H,7-10H2,1-3H3,(H,18,19);1H. The van der Waals surface area contributed by atoms with Crippen molar-refractivity contribution in [1.29, 1.82) is 0 Å². The number of hydrogen-bond acceptors (Lipinski definition) is 4. The van der Waals surface area contributed by atoms with Crippen LogP contribution in [0.15, 0.2) is 18.2 Å². The maximum absolute atomic E-state index is 12.0. The molecule has 124 valence electrons. The zero-order valence-electron chi connectivity index (χ0n) is 13.3. The summed E-state index contributed by atoms with van der Waals surface area (Å²) in [6.45, 7) is 8.24. The van der Waals surface area contributed by atoms with Crippen molar-refractivity contribution in [1.82, 2.24) is 10.6 Å². The number of hydrogen-bond donors (Lipinski definition) is 2. The summed E-state index contributed by atoms with van der Waals surface area (Å²) in [6, 6.07) is 5.74. The maximum atomic E-state index is 12.0. The van der Waals surface area contributed by atoms with Crippen LogP contribution < -0.4 is 15.4 Å². The molecule has 2 rings (SSSR count). The monoisotopic (exact) mass is 328 g/mol. The average molecular weight is 329 g/mol. The van der Waals surface area contributed by atoms with Gasteiger partial charge in [-0.05, 0) is 31.9 Å². The van der Waals surface area contributed by atoms with E-state index >= 15 is 0 Å². The number of halogens is 1. The van der Waals surface area contributed by atoms with Gasteiger partial charge in [0.25, 0.3) is 0 Å². The molecule has 1 aliphatic heterocycles. The first kappa shape index (κ1) is 18.7. The molecule has 1 heterocycles. The largest absolute Gasteiger partial charge is 0.491 e. The van der Waals surface area contributed by atoms with Crippen molar-refractivity contribution in [3.8, 4) is 5.75 Å². The molecule has 22 heavy (non-hydrogen) atoms. The Labute approximate surface area is 138 Å². The van der Waals surface area contributed by atoms with E-state index in [1.165, 1.54) is 0 Å². The predicted molar refractivity (Wildman–Crippen MR) is 88.9 cm³/mol. The van der Waals surface area contributed by atoms with Gasteiger partial charge in [0, 0.05) is 6.54 Å². The van der Waals surface area contributed by atoms with Gasteiger partial charge in [0.05, 0.1) is 19.3 Å². The summed E-state index contributed by atoms with van der Waals surface area (Å²) >= 11 is 0. The van der Waals surface area contributed by atoms with Crippen LogP contribution >= 0.6 is 12.4 Å². The van der Waals surface area contributed by atoms with Gasteiger partial charge in [-0.1, -0.05) is 18.2 Å². The molecule has 1 saturated heterocycles. The molecular weight excluding hydrogens is 304 g/mol. The molecule has 1 amide bonds. The highest BCUT2D eigenvalue weighted by atomic mass is 35.5. The van der Waals surface area contributed by atoms with E-state index in [4.69, 9.17) is 9.47 Å². The van der Waals surface area contributed by atoms with Crippen molar-refractivity contribution >= 4 is 18.3 Å². The summed E-state index contributed by atoms with van der Waals surface area (Å²) in [7, 11) is 0. The summed E-state index contributed by atoms with van der Waals surface area (Å²) < 4.78 is 11.1. The quantitative estimate of drug-likeness (QED) is 0.862. The molecule has 2 atom stereocenters. The first-order valence-electron chi connectivity index (χ1n) is 7.38. The molecule has 2 unspecified atom stereocenters. The molecule has 0 aromatic heterocycles. The molecule has 5 nitrogen and oxygen atoms in total. The van der Waals surface area contributed by atoms with Crippen LogP contribution in [-0.2, 0) is 9.53 Å². The Morgan fingerprint density at radius 1 is 1.45 bits per heavy atom. The lowest BCUT2D eigenvalue weighted by atomic mass is 10.1. The normalized spacial score (nSPS) is 19.0. The molecule has 0 spiro atoms. The summed E-state index contributed by atoms with van der Waals surface area (Å²) in [6.07, 6.45) is 0. The molecule has 1 aromatic carbocycles. The van der Waals surface area contributed by atoms with E-state index < -0.39 is 0 Å². The number of rotatable bonds is 5. The number of nitrogens with one attached hydrogen (secondary N) is 2. The highest BCUT2D eigenvalue weighted by Gasteiger charge is 2.22. The van der Waals surface area contributed by atoms with Crippen LogP contribution in [0.5, 0.6) is 5.75 Å². The second kappa shape index (κ2) is 8.98. The lowest BCUT2D eigenvalue weighted by molar-refractivity contribution is -0.126. The van der Waals surface area contributed by atoms with Crippen LogP contribution in [0, 0.1) is 13.8 Å². The molecule has 1 fully saturated rings. The van der Waals surface area contributed by atoms with E-state index in [2.05, 4.69) is 10.6 Å². The summed E-state index contributed by atoms with van der Waals surface area (Å²) in [5.74, 6) is 0.866. The van der Waals surface area contributed by atoms with E-state index in [-0.39, 0.29) is 30.4 Å². The maximum Gasteiger partial charge on any atom is 0.239 e. The number of ether oxygens (including phenoxy) is 2. The van der Waals surface area contributed by atoms with E-state index in [9.17, 15) is 4.79 Å². The summed E-state index contributed by atoms with van der Waals surface area (Å²) in [5, 5.41) is 6.09. The Balaban J connectivity index is 0.00000242. The van der Waals surface area contributed by atoms with Crippen molar-refractivity contribution in [2.75, 3.05) is 26.4 Å². The van der Waals surface area contributed by atoms with Crippen LogP contribution in [0.1, 0.15) is 18.1 Å². The minimum absolute atomic E-state index is 0. The van der Waals surface area contributed by atoms with Crippen LogP contribution in [0.2, 0.25) is 0 Å². The van der Waals surface area contributed by atoms with E-state index in [0.29, 0.717) is 26.4 Å². The molecule has 1 aliphatic rings. The predicted octanol–water partition coefficient (Wildman–Crippen LogP) is 1.60. The number of amides is 1. The Bertz CT molecular complexity index is 470. The summed E-state index contributed by atoms with van der Waals surface area (Å²) in [5.41, 5.74) is 2.21. The first-order valence-corrected chi connectivity index (χ1v) is 7.38. The van der Waals surface area contributed by atoms with E-state index in [1.54, 1.807) is 0 Å². The third-order valence-electron chi connectivity index (χ3n) is 3.51. The highest BCUT2D eigenvalue weighted by molar-refractivity contribution is 5.85. The Kier molecular flexibility index (Phi) is 7.65. The second-order valence-electron chi connectivity index (χ2n) is 5.52. The van der Waals surface area contributed by atoms with Gasteiger partial charge in [0.2, 0.25) is 5.91 Å². The number of morpholine rings is 1. The third-order valence-corrected chi connectivity index (χ3v) is 3.51. The van der Waals surface area contributed by atoms with Crippen molar-refractivity contribution < 1.29 is 14.3 Å². The van der Waals surface area contributed by atoms with Crippen LogP contribution in [0.4, 0.5) is 0 Å². The fraction of sp³-hybridized carbons (Fsp3) is 0.562. The number of benzene rings is 1. The Morgan fingerprint density at radius 3 is 2.73 bits per heavy atom. The van der Waals surface area contributed by atoms with E-state index in [0.717, 1.165) is 16.9 Å². The van der Waals surface area contributed by atoms with Gasteiger partial charge in [-0.2, -0.15) is 0 Å². The molecule has 1 aromatic rings. The molecule has 0 aliphatic carbocycles. The fourth-order valence-corrected chi connectivity index (χ4v) is 2.35. The van der Waals surface area contributed by atoms with E-state index in [1.807, 2.05) is 39.0 Å². The minimum Gasteiger partial charge on any atom is -0.491 e.